The van der Waals surface area contributed by atoms with Crippen molar-refractivity contribution in [3.63, 3.8) is 0 Å². The van der Waals surface area contributed by atoms with E-state index in [2.05, 4.69) is 47.3 Å². The highest BCUT2D eigenvalue weighted by Crippen LogP contribution is 2.36. The van der Waals surface area contributed by atoms with Crippen molar-refractivity contribution in [1.82, 2.24) is 24.6 Å². The maximum atomic E-state index is 13.4. The number of likely N-dealkylation sites (N-methyl/N-ethyl adjacent to an activating group) is 1. The minimum Gasteiger partial charge on any atom is -0.494 e. The molecule has 0 bridgehead atoms. The van der Waals surface area contributed by atoms with E-state index in [9.17, 15) is 14.4 Å². The van der Waals surface area contributed by atoms with Crippen LogP contribution in [0.1, 0.15) is 67.9 Å². The second-order valence-corrected chi connectivity index (χ2v) is 14.3. The maximum absolute atomic E-state index is 13.4. The fourth-order valence-electron chi connectivity index (χ4n) is 6.77. The Bertz CT molecular complexity index is 1660. The highest BCUT2D eigenvalue weighted by Gasteiger charge is 2.33. The zero-order valence-electron chi connectivity index (χ0n) is 28.5. The second-order valence-electron chi connectivity index (χ2n) is 14.3. The molecule has 1 aromatic heterocycles. The lowest BCUT2D eigenvalue weighted by atomic mass is 9.85. The normalized spacial score (nSPS) is 19.2. The molecule has 2 aromatic carbocycles. The number of hydrogen-bond donors (Lipinski definition) is 2. The van der Waals surface area contributed by atoms with Crippen LogP contribution in [0, 0.1) is 0 Å². The fourth-order valence-corrected chi connectivity index (χ4v) is 6.77. The summed E-state index contributed by atoms with van der Waals surface area (Å²) < 4.78 is 13.4. The third-order valence-electron chi connectivity index (χ3n) is 9.73. The molecule has 2 saturated heterocycles. The van der Waals surface area contributed by atoms with Gasteiger partial charge < -0.3 is 24.3 Å². The van der Waals surface area contributed by atoms with Crippen LogP contribution in [0.25, 0.3) is 10.9 Å². The summed E-state index contributed by atoms with van der Waals surface area (Å²) >= 11 is 0. The summed E-state index contributed by atoms with van der Waals surface area (Å²) in [5.41, 5.74) is 3.49. The van der Waals surface area contributed by atoms with Crippen molar-refractivity contribution < 1.29 is 23.9 Å². The first-order chi connectivity index (χ1) is 22.4. The number of rotatable bonds is 8. The number of nitrogens with one attached hydrogen (secondary N) is 2. The van der Waals surface area contributed by atoms with Crippen LogP contribution < -0.4 is 20.1 Å². The van der Waals surface area contributed by atoms with E-state index in [0.717, 1.165) is 87.0 Å². The molecule has 2 N–H and O–H groups in total. The van der Waals surface area contributed by atoms with E-state index in [1.165, 1.54) is 7.11 Å². The molecule has 47 heavy (non-hydrogen) atoms. The number of anilines is 1. The van der Waals surface area contributed by atoms with Gasteiger partial charge in [-0.1, -0.05) is 39.0 Å². The average molecular weight is 645 g/mol. The molecule has 0 unspecified atom stereocenters. The number of aryl methyl sites for hydroxylation is 1. The SMILES string of the molecule is COc1c(NC(=O)Oc2cc3cccc(CN4CCN(C(=O)[C@@H]5CCCN5C)CC4)c3n2C)cc(C(C)(C)C)cc1C(=O)NC1CC1. The summed E-state index contributed by atoms with van der Waals surface area (Å²) in [7, 11) is 5.43. The Hall–Kier alpha value is -4.09. The number of benzene rings is 2. The largest absolute Gasteiger partial charge is 0.494 e. The zero-order chi connectivity index (χ0) is 33.5. The maximum Gasteiger partial charge on any atom is 0.418 e. The van der Waals surface area contributed by atoms with E-state index in [0.29, 0.717) is 22.9 Å². The van der Waals surface area contributed by atoms with Crippen LogP contribution in [0.5, 0.6) is 11.6 Å². The van der Waals surface area contributed by atoms with Crippen LogP contribution >= 0.6 is 0 Å². The van der Waals surface area contributed by atoms with Gasteiger partial charge in [0.1, 0.15) is 0 Å². The summed E-state index contributed by atoms with van der Waals surface area (Å²) in [4.78, 5) is 46.2. The molecule has 2 aliphatic heterocycles. The molecule has 1 atom stereocenters. The van der Waals surface area contributed by atoms with Gasteiger partial charge in [-0.15, -0.1) is 0 Å². The van der Waals surface area contributed by atoms with Gasteiger partial charge in [0, 0.05) is 57.3 Å². The number of fused-ring (bicyclic) bond motifs is 1. The lowest BCUT2D eigenvalue weighted by molar-refractivity contribution is -0.137. The lowest BCUT2D eigenvalue weighted by Crippen LogP contribution is -2.52. The molecule has 3 amide bonds. The first-order valence-corrected chi connectivity index (χ1v) is 16.7. The van der Waals surface area contributed by atoms with E-state index in [1.807, 2.05) is 53.9 Å². The number of carbonyl (C=O) groups is 3. The van der Waals surface area contributed by atoms with Crippen molar-refractivity contribution in [2.75, 3.05) is 52.2 Å². The number of amides is 3. The van der Waals surface area contributed by atoms with Crippen molar-refractivity contribution in [3.8, 4) is 11.6 Å². The molecule has 11 nitrogen and oxygen atoms in total. The van der Waals surface area contributed by atoms with Crippen LogP contribution in [0.15, 0.2) is 36.4 Å². The Morgan fingerprint density at radius 3 is 2.34 bits per heavy atom. The van der Waals surface area contributed by atoms with Gasteiger partial charge in [0.15, 0.2) is 5.75 Å². The number of hydrogen-bond acceptors (Lipinski definition) is 7. The van der Waals surface area contributed by atoms with Crippen LogP contribution in [-0.2, 0) is 23.8 Å². The molecular formula is C36H48N6O5. The number of likely N-dealkylation sites (tertiary alicyclic amines) is 1. The summed E-state index contributed by atoms with van der Waals surface area (Å²) in [5.74, 6) is 0.737. The van der Waals surface area contributed by atoms with Gasteiger partial charge >= 0.3 is 6.09 Å². The fraction of sp³-hybridized carbons (Fsp3) is 0.528. The second kappa shape index (κ2) is 13.2. The van der Waals surface area contributed by atoms with Gasteiger partial charge in [0.2, 0.25) is 11.8 Å². The standard InChI is InChI=1S/C36H48N6O5/c1-36(2,3)25-20-27(33(43)37-26-12-13-26)32(46-6)28(21-25)38-35(45)47-30-19-23-9-7-10-24(31(23)40(30)5)22-41-15-17-42(18-16-41)34(44)29-11-8-14-39(29)4/h7,9-10,19-21,26,29H,8,11-18,22H2,1-6H3,(H,37,43)(H,38,45)/t29-/m0/s1. The Morgan fingerprint density at radius 1 is 0.957 bits per heavy atom. The number of methoxy groups -OCH3 is 1. The highest BCUT2D eigenvalue weighted by molar-refractivity contribution is 6.01. The molecule has 3 heterocycles. The van der Waals surface area contributed by atoms with Crippen LogP contribution in [0.2, 0.25) is 0 Å². The van der Waals surface area contributed by atoms with Gasteiger partial charge in [-0.2, -0.15) is 0 Å². The third-order valence-corrected chi connectivity index (χ3v) is 9.73. The molecule has 3 fully saturated rings. The summed E-state index contributed by atoms with van der Waals surface area (Å²) in [6.07, 6.45) is 3.28. The van der Waals surface area contributed by atoms with Crippen LogP contribution in [0.4, 0.5) is 10.5 Å². The topological polar surface area (TPSA) is 108 Å². The molecule has 6 rings (SSSR count). The zero-order valence-corrected chi connectivity index (χ0v) is 28.5. The Morgan fingerprint density at radius 2 is 1.70 bits per heavy atom. The molecule has 3 aromatic rings. The smallest absolute Gasteiger partial charge is 0.418 e. The van der Waals surface area contributed by atoms with E-state index >= 15 is 0 Å². The number of para-hydroxylation sites is 1. The third kappa shape index (κ3) is 7.11. The minimum atomic E-state index is -0.677. The number of piperazine rings is 1. The Balaban J connectivity index is 1.16. The van der Waals surface area contributed by atoms with E-state index in [1.54, 1.807) is 0 Å². The number of aromatic nitrogens is 1. The van der Waals surface area contributed by atoms with E-state index in [4.69, 9.17) is 9.47 Å². The van der Waals surface area contributed by atoms with Gasteiger partial charge in [0.25, 0.3) is 5.91 Å². The molecular weight excluding hydrogens is 596 g/mol. The van der Waals surface area contributed by atoms with Crippen LogP contribution in [0.3, 0.4) is 0 Å². The monoisotopic (exact) mass is 644 g/mol. The summed E-state index contributed by atoms with van der Waals surface area (Å²) in [6, 6.07) is 11.9. The first-order valence-electron chi connectivity index (χ1n) is 16.7. The minimum absolute atomic E-state index is 0.0201. The highest BCUT2D eigenvalue weighted by atomic mass is 16.6. The number of ether oxygens (including phenoxy) is 2. The summed E-state index contributed by atoms with van der Waals surface area (Å²) in [6.45, 7) is 11.0. The van der Waals surface area contributed by atoms with Crippen molar-refractivity contribution >= 4 is 34.5 Å². The molecule has 1 saturated carbocycles. The van der Waals surface area contributed by atoms with Crippen molar-refractivity contribution in [2.24, 2.45) is 7.05 Å². The van der Waals surface area contributed by atoms with Crippen molar-refractivity contribution in [1.29, 1.82) is 0 Å². The molecule has 1 aliphatic carbocycles. The first kappa shape index (κ1) is 32.8. The van der Waals surface area contributed by atoms with Gasteiger partial charge in [0.05, 0.1) is 29.9 Å². The number of carbonyl (C=O) groups excluding carboxylic acids is 3. The van der Waals surface area contributed by atoms with Crippen LogP contribution in [-0.4, -0.2) is 96.1 Å². The predicted octanol–water partition coefficient (Wildman–Crippen LogP) is 4.73. The molecule has 3 aliphatic rings. The van der Waals surface area contributed by atoms with Gasteiger partial charge in [-0.3, -0.25) is 24.7 Å². The predicted molar refractivity (Wildman–Crippen MR) is 182 cm³/mol. The van der Waals surface area contributed by atoms with Crippen molar-refractivity contribution in [2.45, 2.75) is 70.5 Å². The molecule has 0 spiro atoms. The van der Waals surface area contributed by atoms with E-state index in [-0.39, 0.29) is 29.3 Å². The Kier molecular flexibility index (Phi) is 9.22. The molecule has 0 radical (unpaired) electrons. The average Bonchev–Trinajstić information content (AvgIpc) is 3.65. The Labute approximate surface area is 277 Å². The quantitative estimate of drug-likeness (QED) is 0.365. The molecule has 252 valence electrons. The van der Waals surface area contributed by atoms with Crippen molar-refractivity contribution in [3.05, 3.63) is 53.1 Å². The van der Waals surface area contributed by atoms with Gasteiger partial charge in [-0.05, 0) is 68.0 Å². The van der Waals surface area contributed by atoms with Gasteiger partial charge in [-0.25, -0.2) is 4.79 Å². The molecule has 11 heteroatoms. The van der Waals surface area contributed by atoms with E-state index < -0.39 is 6.09 Å². The lowest BCUT2D eigenvalue weighted by Gasteiger charge is -2.37. The summed E-state index contributed by atoms with van der Waals surface area (Å²) in [5, 5.41) is 6.85. The number of nitrogens with zero attached hydrogens (tertiary/aromatic N) is 4.